The third kappa shape index (κ3) is 6.14. The maximum absolute atomic E-state index is 9.34. The standard InChI is InChI=1S/C3H6O3.Ti/c1-2(4)3(5)6;/h2,4H,1H3,(H,5,6);/q;+1/p-1. The van der Waals surface area contributed by atoms with Gasteiger partial charge in [0, 0.05) is 0 Å². The van der Waals surface area contributed by atoms with Crippen molar-refractivity contribution in [3.63, 3.8) is 0 Å². The van der Waals surface area contributed by atoms with Crippen molar-refractivity contribution < 1.29 is 36.7 Å². The van der Waals surface area contributed by atoms with Crippen molar-refractivity contribution in [2.45, 2.75) is 13.0 Å². The fraction of sp³-hybridized carbons (Fsp3) is 0.667. The van der Waals surface area contributed by atoms with Crippen LogP contribution in [-0.2, 0) is 26.5 Å². The molecule has 0 aliphatic rings. The molecule has 0 bridgehead atoms. The van der Waals surface area contributed by atoms with Crippen LogP contribution in [0.15, 0.2) is 0 Å². The third-order valence-corrected chi connectivity index (χ3v) is 0.341. The Hall–Kier alpha value is 0.144. The molecule has 0 aromatic rings. The molecule has 0 amide bonds. The minimum absolute atomic E-state index is 0. The minimum Gasteiger partial charge on any atom is -0.547 e. The van der Waals surface area contributed by atoms with E-state index in [1.54, 1.807) is 0 Å². The van der Waals surface area contributed by atoms with E-state index in [0.717, 1.165) is 6.92 Å². The predicted molar refractivity (Wildman–Crippen MR) is 16.7 cm³/mol. The fourth-order valence-electron chi connectivity index (χ4n) is 0. The van der Waals surface area contributed by atoms with Crippen LogP contribution in [0, 0.1) is 0 Å². The first-order chi connectivity index (χ1) is 2.64. The van der Waals surface area contributed by atoms with E-state index >= 15 is 0 Å². The van der Waals surface area contributed by atoms with Gasteiger partial charge in [-0.15, -0.1) is 0 Å². The van der Waals surface area contributed by atoms with Gasteiger partial charge in [-0.25, -0.2) is 0 Å². The molecule has 3 nitrogen and oxygen atoms in total. The number of hydrogen-bond acceptors (Lipinski definition) is 3. The Balaban J connectivity index is 0. The maximum atomic E-state index is 9.34. The van der Waals surface area contributed by atoms with Gasteiger partial charge < -0.3 is 15.0 Å². The fourth-order valence-corrected chi connectivity index (χ4v) is 0. The smallest absolute Gasteiger partial charge is 0.547 e. The quantitative estimate of drug-likeness (QED) is 0.430. The Morgan fingerprint density at radius 1 is 1.86 bits per heavy atom. The van der Waals surface area contributed by atoms with E-state index in [1.165, 1.54) is 0 Å². The second-order valence-corrected chi connectivity index (χ2v) is 0.995. The van der Waals surface area contributed by atoms with Gasteiger partial charge in [0.05, 0.1) is 12.1 Å². The zero-order chi connectivity index (χ0) is 5.15. The first kappa shape index (κ1) is 10.2. The molecule has 7 heavy (non-hydrogen) atoms. The van der Waals surface area contributed by atoms with Gasteiger partial charge in [-0.05, 0) is 6.92 Å². The Labute approximate surface area is 56.2 Å². The van der Waals surface area contributed by atoms with Crippen LogP contribution in [-0.4, -0.2) is 17.2 Å². The Bertz CT molecular complexity index is 61.2. The summed E-state index contributed by atoms with van der Waals surface area (Å²) in [6.07, 6.45) is -1.34. The number of aliphatic hydroxyl groups excluding tert-OH is 1. The van der Waals surface area contributed by atoms with E-state index in [0.29, 0.717) is 0 Å². The summed E-state index contributed by atoms with van der Waals surface area (Å²) < 4.78 is 0. The SMILES string of the molecule is CC(O)C(=O)[O-].[Ti+]. The molecule has 4 heteroatoms. The molecule has 0 aromatic heterocycles. The molecule has 39 valence electrons. The molecule has 1 N–H and O–H groups in total. The van der Waals surface area contributed by atoms with Crippen LogP contribution in [0.4, 0.5) is 0 Å². The van der Waals surface area contributed by atoms with Gasteiger partial charge in [-0.3, -0.25) is 0 Å². The van der Waals surface area contributed by atoms with Crippen LogP contribution < -0.4 is 5.11 Å². The molecule has 0 aliphatic carbocycles. The van der Waals surface area contributed by atoms with Crippen LogP contribution >= 0.6 is 0 Å². The van der Waals surface area contributed by atoms with Crippen molar-refractivity contribution in [2.24, 2.45) is 0 Å². The molecule has 1 unspecified atom stereocenters. The van der Waals surface area contributed by atoms with Crippen molar-refractivity contribution in [3.8, 4) is 0 Å². The Morgan fingerprint density at radius 2 is 2.00 bits per heavy atom. The van der Waals surface area contributed by atoms with Crippen LogP contribution in [0.1, 0.15) is 6.92 Å². The molecule has 0 spiro atoms. The van der Waals surface area contributed by atoms with Crippen molar-refractivity contribution in [2.75, 3.05) is 0 Å². The summed E-state index contributed by atoms with van der Waals surface area (Å²) in [5, 5.41) is 17.3. The second kappa shape index (κ2) is 4.31. The van der Waals surface area contributed by atoms with Gasteiger partial charge in [0.25, 0.3) is 0 Å². The second-order valence-electron chi connectivity index (χ2n) is 0.995. The molecule has 1 atom stereocenters. The molecule has 0 saturated heterocycles. The van der Waals surface area contributed by atoms with Crippen molar-refractivity contribution in [3.05, 3.63) is 0 Å². The molecule has 0 aromatic carbocycles. The Morgan fingerprint density at radius 3 is 2.00 bits per heavy atom. The summed E-state index contributed by atoms with van der Waals surface area (Å²) in [6.45, 7) is 1.13. The van der Waals surface area contributed by atoms with Gasteiger partial charge in [0.15, 0.2) is 0 Å². The average molecular weight is 137 g/mol. The number of carboxylic acids is 1. The van der Waals surface area contributed by atoms with Crippen molar-refractivity contribution >= 4 is 5.97 Å². The molecule has 0 heterocycles. The van der Waals surface area contributed by atoms with Crippen molar-refractivity contribution in [1.82, 2.24) is 0 Å². The van der Waals surface area contributed by atoms with Gasteiger partial charge >= 0.3 is 21.7 Å². The summed E-state index contributed by atoms with van der Waals surface area (Å²) in [5.41, 5.74) is 0. The van der Waals surface area contributed by atoms with Crippen LogP contribution in [0.2, 0.25) is 0 Å². The van der Waals surface area contributed by atoms with E-state index in [2.05, 4.69) is 0 Å². The minimum atomic E-state index is -1.44. The largest absolute Gasteiger partial charge is 1.00 e. The first-order valence-corrected chi connectivity index (χ1v) is 1.53. The number of carbonyl (C=O) groups is 1. The van der Waals surface area contributed by atoms with Gasteiger partial charge in [-0.2, -0.15) is 0 Å². The van der Waals surface area contributed by atoms with E-state index in [9.17, 15) is 9.90 Å². The first-order valence-electron chi connectivity index (χ1n) is 1.53. The molecule has 0 fully saturated rings. The summed E-state index contributed by atoms with van der Waals surface area (Å²) >= 11 is 0. The van der Waals surface area contributed by atoms with Gasteiger partial charge in [-0.1, -0.05) is 0 Å². The van der Waals surface area contributed by atoms with E-state index in [4.69, 9.17) is 5.11 Å². The normalized spacial score (nSPS) is 11.7. The average Bonchev–Trinajstić information content (AvgIpc) is 1.36. The molecular formula is C3H5O3Ti. The van der Waals surface area contributed by atoms with Crippen LogP contribution in [0.3, 0.4) is 0 Å². The van der Waals surface area contributed by atoms with E-state index in [1.807, 2.05) is 0 Å². The third-order valence-electron chi connectivity index (χ3n) is 0.341. The van der Waals surface area contributed by atoms with E-state index < -0.39 is 12.1 Å². The summed E-state index contributed by atoms with van der Waals surface area (Å²) in [7, 11) is 0. The van der Waals surface area contributed by atoms with Crippen molar-refractivity contribution in [1.29, 1.82) is 0 Å². The Kier molecular flexibility index (Phi) is 6.27. The van der Waals surface area contributed by atoms with Gasteiger partial charge in [0.2, 0.25) is 0 Å². The molecule has 0 aliphatic heterocycles. The molecule has 1 radical (unpaired) electrons. The summed E-state index contributed by atoms with van der Waals surface area (Å²) in [5.74, 6) is -1.44. The zero-order valence-corrected chi connectivity index (χ0v) is 5.40. The van der Waals surface area contributed by atoms with Gasteiger partial charge in [0.1, 0.15) is 0 Å². The van der Waals surface area contributed by atoms with Crippen LogP contribution in [0.25, 0.3) is 0 Å². The summed E-state index contributed by atoms with van der Waals surface area (Å²) in [6, 6.07) is 0. The number of rotatable bonds is 1. The number of aliphatic carboxylic acids is 1. The molecule has 0 rings (SSSR count). The zero-order valence-electron chi connectivity index (χ0n) is 3.84. The molecular weight excluding hydrogens is 132 g/mol. The summed E-state index contributed by atoms with van der Waals surface area (Å²) in [4.78, 5) is 9.34. The monoisotopic (exact) mass is 137 g/mol. The topological polar surface area (TPSA) is 60.4 Å². The number of hydrogen-bond donors (Lipinski definition) is 1. The maximum Gasteiger partial charge on any atom is 1.00 e. The number of aliphatic hydroxyl groups is 1. The predicted octanol–water partition coefficient (Wildman–Crippen LogP) is -1.89. The van der Waals surface area contributed by atoms with E-state index in [-0.39, 0.29) is 21.7 Å². The van der Waals surface area contributed by atoms with Crippen LogP contribution in [0.5, 0.6) is 0 Å². The number of carbonyl (C=O) groups excluding carboxylic acids is 1. The number of carboxylic acid groups (broad SMARTS) is 1. The molecule has 0 saturated carbocycles.